The van der Waals surface area contributed by atoms with Gasteiger partial charge in [-0.1, -0.05) is 46.3 Å². The van der Waals surface area contributed by atoms with Crippen LogP contribution in [0.3, 0.4) is 0 Å². The van der Waals surface area contributed by atoms with Crippen LogP contribution in [-0.2, 0) is 0 Å². The molecule has 0 aliphatic heterocycles. The smallest absolute Gasteiger partial charge is 0.213 e. The molecule has 0 N–H and O–H groups in total. The number of pyridine rings is 2. The lowest BCUT2D eigenvalue weighted by Gasteiger charge is -2.08. The molecule has 3 nitrogen and oxygen atoms in total. The molecule has 4 rings (SSSR count). The highest BCUT2D eigenvalue weighted by molar-refractivity contribution is 9.10. The van der Waals surface area contributed by atoms with Gasteiger partial charge in [0.25, 0.3) is 0 Å². The minimum Gasteiger partial charge on any atom is -0.287 e. The van der Waals surface area contributed by atoms with E-state index in [2.05, 4.69) is 25.9 Å². The molecule has 0 atom stereocenters. The number of aromatic nitrogens is 2. The Bertz CT molecular complexity index is 1060. The maximum absolute atomic E-state index is 12.9. The number of ketones is 1. The zero-order valence-corrected chi connectivity index (χ0v) is 13.6. The van der Waals surface area contributed by atoms with Gasteiger partial charge in [-0.25, -0.2) is 0 Å². The van der Waals surface area contributed by atoms with Crippen LogP contribution in [0.1, 0.15) is 16.1 Å². The van der Waals surface area contributed by atoms with Crippen molar-refractivity contribution in [3.8, 4) is 0 Å². The minimum absolute atomic E-state index is 0.111. The Kier molecular flexibility index (Phi) is 3.39. The van der Waals surface area contributed by atoms with Gasteiger partial charge < -0.3 is 0 Å². The number of hydrogen-bond donors (Lipinski definition) is 0. The highest BCUT2D eigenvalue weighted by Gasteiger charge is 2.17. The van der Waals surface area contributed by atoms with Crippen LogP contribution < -0.4 is 0 Å². The lowest BCUT2D eigenvalue weighted by atomic mass is 10.0. The predicted octanol–water partition coefficient (Wildman–Crippen LogP) is 4.78. The van der Waals surface area contributed by atoms with Gasteiger partial charge in [0, 0.05) is 33.2 Å². The van der Waals surface area contributed by atoms with Crippen LogP contribution in [0.4, 0.5) is 0 Å². The summed E-state index contributed by atoms with van der Waals surface area (Å²) < 4.78 is 0.762. The van der Waals surface area contributed by atoms with Gasteiger partial charge in [0.1, 0.15) is 5.69 Å². The van der Waals surface area contributed by atoms with E-state index >= 15 is 0 Å². The lowest BCUT2D eigenvalue weighted by Crippen LogP contribution is -2.06. The van der Waals surface area contributed by atoms with E-state index in [4.69, 9.17) is 0 Å². The number of benzene rings is 2. The first-order valence-electron chi connectivity index (χ1n) is 7.17. The number of carbonyl (C=O) groups is 1. The summed E-state index contributed by atoms with van der Waals surface area (Å²) in [5, 5.41) is 2.78. The average Bonchev–Trinajstić information content (AvgIpc) is 2.61. The van der Waals surface area contributed by atoms with Crippen LogP contribution >= 0.6 is 15.9 Å². The van der Waals surface area contributed by atoms with Crippen molar-refractivity contribution < 1.29 is 4.79 Å². The van der Waals surface area contributed by atoms with E-state index < -0.39 is 0 Å². The topological polar surface area (TPSA) is 42.9 Å². The standard InChI is InChI=1S/C19H11BrN2O/c20-16-7-3-1-6-14(16)19(23)18-15-11-22-17-8-4-2-5-13(17)12(15)9-10-21-18/h1-11H. The van der Waals surface area contributed by atoms with Gasteiger partial charge in [-0.15, -0.1) is 0 Å². The molecule has 0 amide bonds. The van der Waals surface area contributed by atoms with Crippen LogP contribution in [0.5, 0.6) is 0 Å². The van der Waals surface area contributed by atoms with E-state index in [1.807, 2.05) is 48.5 Å². The molecule has 0 aliphatic rings. The van der Waals surface area contributed by atoms with Crippen molar-refractivity contribution in [2.75, 3.05) is 0 Å². The van der Waals surface area contributed by atoms with E-state index in [9.17, 15) is 4.79 Å². The molecule has 0 spiro atoms. The van der Waals surface area contributed by atoms with Crippen molar-refractivity contribution >= 4 is 43.4 Å². The molecule has 2 aromatic heterocycles. The Labute approximate surface area is 141 Å². The predicted molar refractivity (Wildman–Crippen MR) is 94.6 cm³/mol. The Hall–Kier alpha value is -2.59. The van der Waals surface area contributed by atoms with Crippen molar-refractivity contribution in [3.05, 3.63) is 82.7 Å². The zero-order chi connectivity index (χ0) is 15.8. The molecule has 110 valence electrons. The number of para-hydroxylation sites is 1. The summed E-state index contributed by atoms with van der Waals surface area (Å²) >= 11 is 3.43. The summed E-state index contributed by atoms with van der Waals surface area (Å²) in [4.78, 5) is 21.7. The van der Waals surface area contributed by atoms with Gasteiger partial charge in [-0.3, -0.25) is 14.8 Å². The van der Waals surface area contributed by atoms with Crippen molar-refractivity contribution in [3.63, 3.8) is 0 Å². The van der Waals surface area contributed by atoms with Crippen LogP contribution in [-0.4, -0.2) is 15.8 Å². The number of fused-ring (bicyclic) bond motifs is 3. The number of nitrogens with zero attached hydrogens (tertiary/aromatic N) is 2. The van der Waals surface area contributed by atoms with Gasteiger partial charge in [-0.05, 0) is 29.7 Å². The van der Waals surface area contributed by atoms with Crippen LogP contribution in [0.15, 0.2) is 71.5 Å². The molecular formula is C19H11BrN2O. The van der Waals surface area contributed by atoms with Gasteiger partial charge in [0.2, 0.25) is 5.78 Å². The third-order valence-corrected chi connectivity index (χ3v) is 4.54. The van der Waals surface area contributed by atoms with Crippen LogP contribution in [0.2, 0.25) is 0 Å². The monoisotopic (exact) mass is 362 g/mol. The second-order valence-electron chi connectivity index (χ2n) is 5.21. The Morgan fingerprint density at radius 3 is 2.48 bits per heavy atom. The molecule has 0 radical (unpaired) electrons. The van der Waals surface area contributed by atoms with E-state index in [1.54, 1.807) is 18.5 Å². The fraction of sp³-hybridized carbons (Fsp3) is 0. The first-order valence-corrected chi connectivity index (χ1v) is 7.97. The summed E-state index contributed by atoms with van der Waals surface area (Å²) in [5.74, 6) is -0.111. The first kappa shape index (κ1) is 14.0. The van der Waals surface area contributed by atoms with Crippen molar-refractivity contribution in [1.29, 1.82) is 0 Å². The summed E-state index contributed by atoms with van der Waals surface area (Å²) in [6, 6.07) is 17.2. The van der Waals surface area contributed by atoms with Crippen LogP contribution in [0.25, 0.3) is 21.7 Å². The number of carbonyl (C=O) groups excluding carboxylic acids is 1. The SMILES string of the molecule is O=C(c1ccccc1Br)c1nccc2c1cnc1ccccc12. The molecule has 2 heterocycles. The number of halogens is 1. The third-order valence-electron chi connectivity index (χ3n) is 3.85. The quantitative estimate of drug-likeness (QED) is 0.380. The van der Waals surface area contributed by atoms with E-state index in [1.165, 1.54) is 0 Å². The maximum atomic E-state index is 12.9. The summed E-state index contributed by atoms with van der Waals surface area (Å²) in [7, 11) is 0. The van der Waals surface area contributed by atoms with E-state index in [0.29, 0.717) is 11.3 Å². The lowest BCUT2D eigenvalue weighted by molar-refractivity contribution is 0.103. The van der Waals surface area contributed by atoms with Crippen molar-refractivity contribution in [1.82, 2.24) is 9.97 Å². The Balaban J connectivity index is 2.00. The second-order valence-corrected chi connectivity index (χ2v) is 6.06. The molecule has 4 heteroatoms. The molecule has 0 aliphatic carbocycles. The minimum atomic E-state index is -0.111. The van der Waals surface area contributed by atoms with Crippen molar-refractivity contribution in [2.24, 2.45) is 0 Å². The van der Waals surface area contributed by atoms with E-state index in [0.717, 1.165) is 26.1 Å². The molecule has 2 aromatic carbocycles. The fourth-order valence-corrected chi connectivity index (χ4v) is 3.21. The zero-order valence-electron chi connectivity index (χ0n) is 12.0. The summed E-state index contributed by atoms with van der Waals surface area (Å²) in [6.07, 6.45) is 3.41. The summed E-state index contributed by atoms with van der Waals surface area (Å²) in [6.45, 7) is 0. The fourth-order valence-electron chi connectivity index (χ4n) is 2.74. The number of hydrogen-bond acceptors (Lipinski definition) is 3. The maximum Gasteiger partial charge on any atom is 0.213 e. The molecule has 0 saturated heterocycles. The van der Waals surface area contributed by atoms with Gasteiger partial charge >= 0.3 is 0 Å². The Morgan fingerprint density at radius 2 is 1.61 bits per heavy atom. The average molecular weight is 363 g/mol. The number of rotatable bonds is 2. The highest BCUT2D eigenvalue weighted by Crippen LogP contribution is 2.27. The normalized spacial score (nSPS) is 11.0. The molecule has 0 unspecified atom stereocenters. The van der Waals surface area contributed by atoms with Gasteiger partial charge in [0.15, 0.2) is 0 Å². The first-order chi connectivity index (χ1) is 11.3. The third kappa shape index (κ3) is 2.32. The molecule has 0 fully saturated rings. The highest BCUT2D eigenvalue weighted by atomic mass is 79.9. The largest absolute Gasteiger partial charge is 0.287 e. The summed E-state index contributed by atoms with van der Waals surface area (Å²) in [5.41, 5.74) is 1.93. The molecule has 23 heavy (non-hydrogen) atoms. The Morgan fingerprint density at radius 1 is 0.826 bits per heavy atom. The molecule has 4 aromatic rings. The van der Waals surface area contributed by atoms with Gasteiger partial charge in [-0.2, -0.15) is 0 Å². The van der Waals surface area contributed by atoms with Crippen molar-refractivity contribution in [2.45, 2.75) is 0 Å². The molecule has 0 saturated carbocycles. The second kappa shape index (κ2) is 5.56. The van der Waals surface area contributed by atoms with E-state index in [-0.39, 0.29) is 5.78 Å². The van der Waals surface area contributed by atoms with Crippen LogP contribution in [0, 0.1) is 0 Å². The van der Waals surface area contributed by atoms with Gasteiger partial charge in [0.05, 0.1) is 5.52 Å². The molecular weight excluding hydrogens is 352 g/mol. The molecule has 0 bridgehead atoms.